The quantitative estimate of drug-likeness (QED) is 0.717. The minimum atomic E-state index is -0.208. The van der Waals surface area contributed by atoms with Gasteiger partial charge < -0.3 is 20.3 Å². The third-order valence-electron chi connectivity index (χ3n) is 2.36. The number of benzene rings is 1. The van der Waals surface area contributed by atoms with Crippen molar-refractivity contribution in [3.8, 4) is 5.75 Å². The summed E-state index contributed by atoms with van der Waals surface area (Å²) in [5.41, 5.74) is 5.93. The van der Waals surface area contributed by atoms with E-state index in [1.807, 2.05) is 24.3 Å². The maximum absolute atomic E-state index is 9.35. The Morgan fingerprint density at radius 2 is 2.06 bits per heavy atom. The Labute approximate surface area is 106 Å². The number of hydrogen-bond donors (Lipinski definition) is 2. The first-order valence-electron chi connectivity index (χ1n) is 5.38. The van der Waals surface area contributed by atoms with Crippen molar-refractivity contribution in [2.75, 3.05) is 27.4 Å². The summed E-state index contributed by atoms with van der Waals surface area (Å²) in [4.78, 5) is 0.973. The summed E-state index contributed by atoms with van der Waals surface area (Å²) in [5.74, 6) is 0.792. The number of thioether (sulfide) groups is 1. The molecule has 96 valence electrons. The average Bonchev–Trinajstić information content (AvgIpc) is 2.36. The van der Waals surface area contributed by atoms with Crippen LogP contribution in [0.5, 0.6) is 5.75 Å². The van der Waals surface area contributed by atoms with Gasteiger partial charge in [0, 0.05) is 18.0 Å². The molecule has 1 rings (SSSR count). The van der Waals surface area contributed by atoms with Gasteiger partial charge in [0.05, 0.1) is 25.6 Å². The number of hydrogen-bond acceptors (Lipinski definition) is 5. The zero-order valence-electron chi connectivity index (χ0n) is 10.1. The zero-order chi connectivity index (χ0) is 12.7. The molecular weight excluding hydrogens is 238 g/mol. The zero-order valence-corrected chi connectivity index (χ0v) is 10.9. The lowest BCUT2D eigenvalue weighted by Crippen LogP contribution is -2.38. The molecule has 1 aromatic carbocycles. The first-order chi connectivity index (χ1) is 8.22. The number of ether oxygens (including phenoxy) is 2. The van der Waals surface area contributed by atoms with Crippen molar-refractivity contribution in [2.45, 2.75) is 16.2 Å². The van der Waals surface area contributed by atoms with Crippen LogP contribution in [0, 0.1) is 0 Å². The van der Waals surface area contributed by atoms with E-state index >= 15 is 0 Å². The molecule has 17 heavy (non-hydrogen) atoms. The molecule has 0 aliphatic heterocycles. The van der Waals surface area contributed by atoms with Gasteiger partial charge in [0.25, 0.3) is 0 Å². The second-order valence-electron chi connectivity index (χ2n) is 3.61. The van der Waals surface area contributed by atoms with Gasteiger partial charge >= 0.3 is 0 Å². The van der Waals surface area contributed by atoms with Crippen LogP contribution in [0.2, 0.25) is 0 Å². The fourth-order valence-corrected chi connectivity index (χ4v) is 2.52. The van der Waals surface area contributed by atoms with Gasteiger partial charge in [-0.1, -0.05) is 12.1 Å². The van der Waals surface area contributed by atoms with E-state index in [0.717, 1.165) is 10.6 Å². The number of rotatable bonds is 7. The second kappa shape index (κ2) is 7.55. The molecule has 3 N–H and O–H groups in total. The van der Waals surface area contributed by atoms with Gasteiger partial charge in [0.1, 0.15) is 5.75 Å². The Hall–Kier alpha value is -0.750. The van der Waals surface area contributed by atoms with Crippen LogP contribution in [0.4, 0.5) is 0 Å². The fraction of sp³-hybridized carbons (Fsp3) is 0.500. The van der Waals surface area contributed by atoms with Crippen LogP contribution >= 0.6 is 11.8 Å². The van der Waals surface area contributed by atoms with Crippen molar-refractivity contribution >= 4 is 11.8 Å². The third-order valence-corrected chi connectivity index (χ3v) is 3.76. The number of methoxy groups -OCH3 is 2. The summed E-state index contributed by atoms with van der Waals surface area (Å²) in [6, 6.07) is 7.47. The molecule has 0 bridgehead atoms. The van der Waals surface area contributed by atoms with E-state index in [1.54, 1.807) is 14.2 Å². The van der Waals surface area contributed by atoms with Gasteiger partial charge in [-0.15, -0.1) is 11.8 Å². The highest BCUT2D eigenvalue weighted by molar-refractivity contribution is 8.00. The molecule has 0 radical (unpaired) electrons. The van der Waals surface area contributed by atoms with E-state index in [2.05, 4.69) is 0 Å². The lowest BCUT2D eigenvalue weighted by Gasteiger charge is -2.21. The lowest BCUT2D eigenvalue weighted by atomic mass is 10.2. The molecule has 0 amide bonds. The van der Waals surface area contributed by atoms with Crippen LogP contribution in [0.3, 0.4) is 0 Å². The summed E-state index contributed by atoms with van der Waals surface area (Å²) >= 11 is 1.51. The Morgan fingerprint density at radius 1 is 1.35 bits per heavy atom. The van der Waals surface area contributed by atoms with Crippen LogP contribution in [0.15, 0.2) is 29.2 Å². The van der Waals surface area contributed by atoms with E-state index in [4.69, 9.17) is 15.2 Å². The highest BCUT2D eigenvalue weighted by Gasteiger charge is 2.19. The fourth-order valence-electron chi connectivity index (χ4n) is 1.44. The van der Waals surface area contributed by atoms with Crippen LogP contribution in [-0.2, 0) is 4.74 Å². The SMILES string of the molecule is COCC(N)C(CO)Sc1ccccc1OC. The summed E-state index contributed by atoms with van der Waals surface area (Å²) < 4.78 is 10.3. The molecule has 0 aliphatic rings. The monoisotopic (exact) mass is 257 g/mol. The van der Waals surface area contributed by atoms with Gasteiger partial charge in [-0.25, -0.2) is 0 Å². The van der Waals surface area contributed by atoms with Gasteiger partial charge in [0.15, 0.2) is 0 Å². The highest BCUT2D eigenvalue weighted by atomic mass is 32.2. The molecular formula is C12H19NO3S. The van der Waals surface area contributed by atoms with Gasteiger partial charge in [-0.2, -0.15) is 0 Å². The smallest absolute Gasteiger partial charge is 0.132 e. The van der Waals surface area contributed by atoms with E-state index in [9.17, 15) is 5.11 Å². The van der Waals surface area contributed by atoms with Crippen molar-refractivity contribution in [1.82, 2.24) is 0 Å². The summed E-state index contributed by atoms with van der Waals surface area (Å²) in [7, 11) is 3.23. The van der Waals surface area contributed by atoms with Crippen molar-refractivity contribution in [3.63, 3.8) is 0 Å². The third kappa shape index (κ3) is 4.20. The van der Waals surface area contributed by atoms with Crippen LogP contribution in [-0.4, -0.2) is 43.8 Å². The predicted octanol–water partition coefficient (Wildman–Crippen LogP) is 1.12. The second-order valence-corrected chi connectivity index (χ2v) is 4.89. The molecule has 0 saturated heterocycles. The summed E-state index contributed by atoms with van der Waals surface area (Å²) in [6.45, 7) is 0.431. The topological polar surface area (TPSA) is 64.7 Å². The number of para-hydroxylation sites is 1. The van der Waals surface area contributed by atoms with Crippen LogP contribution < -0.4 is 10.5 Å². The van der Waals surface area contributed by atoms with Crippen molar-refractivity contribution in [3.05, 3.63) is 24.3 Å². The van der Waals surface area contributed by atoms with Crippen molar-refractivity contribution < 1.29 is 14.6 Å². The van der Waals surface area contributed by atoms with Gasteiger partial charge in [-0.3, -0.25) is 0 Å². The highest BCUT2D eigenvalue weighted by Crippen LogP contribution is 2.32. The first-order valence-corrected chi connectivity index (χ1v) is 6.26. The molecule has 0 spiro atoms. The van der Waals surface area contributed by atoms with E-state index in [1.165, 1.54) is 11.8 Å². The lowest BCUT2D eigenvalue weighted by molar-refractivity contribution is 0.167. The number of aliphatic hydroxyl groups is 1. The van der Waals surface area contributed by atoms with Gasteiger partial charge in [0.2, 0.25) is 0 Å². The summed E-state index contributed by atoms with van der Waals surface area (Å²) in [5, 5.41) is 9.25. The average molecular weight is 257 g/mol. The number of aliphatic hydroxyl groups excluding tert-OH is 1. The molecule has 0 saturated carbocycles. The minimum Gasteiger partial charge on any atom is -0.496 e. The van der Waals surface area contributed by atoms with Crippen molar-refractivity contribution in [2.24, 2.45) is 5.73 Å². The number of nitrogens with two attached hydrogens (primary N) is 1. The normalized spacial score (nSPS) is 14.4. The summed E-state index contributed by atoms with van der Waals surface area (Å²) in [6.07, 6.45) is 0. The van der Waals surface area contributed by atoms with Crippen LogP contribution in [0.25, 0.3) is 0 Å². The minimum absolute atomic E-state index is 0.00718. The molecule has 2 atom stereocenters. The van der Waals surface area contributed by atoms with Crippen LogP contribution in [0.1, 0.15) is 0 Å². The molecule has 0 aromatic heterocycles. The maximum Gasteiger partial charge on any atom is 0.132 e. The molecule has 0 aliphatic carbocycles. The predicted molar refractivity (Wildman–Crippen MR) is 69.6 cm³/mol. The van der Waals surface area contributed by atoms with E-state index in [-0.39, 0.29) is 17.9 Å². The molecule has 1 aromatic rings. The van der Waals surface area contributed by atoms with Crippen molar-refractivity contribution in [1.29, 1.82) is 0 Å². The molecule has 5 heteroatoms. The Kier molecular flexibility index (Phi) is 6.36. The Morgan fingerprint density at radius 3 is 2.65 bits per heavy atom. The molecule has 4 nitrogen and oxygen atoms in total. The standard InChI is InChI=1S/C12H19NO3S/c1-15-8-9(13)12(7-14)17-11-6-4-3-5-10(11)16-2/h3-6,9,12,14H,7-8,13H2,1-2H3. The molecule has 2 unspecified atom stereocenters. The Balaban J connectivity index is 2.73. The van der Waals surface area contributed by atoms with Gasteiger partial charge in [-0.05, 0) is 12.1 Å². The van der Waals surface area contributed by atoms with E-state index in [0.29, 0.717) is 6.61 Å². The largest absolute Gasteiger partial charge is 0.496 e. The maximum atomic E-state index is 9.35. The first kappa shape index (κ1) is 14.3. The van der Waals surface area contributed by atoms with E-state index < -0.39 is 0 Å². The molecule has 0 fully saturated rings. The Bertz CT molecular complexity index is 335. The molecule has 0 heterocycles.